The van der Waals surface area contributed by atoms with Crippen molar-refractivity contribution in [3.05, 3.63) is 64.9 Å². The Hall–Kier alpha value is -3.22. The van der Waals surface area contributed by atoms with E-state index in [0.717, 1.165) is 16.8 Å². The molecule has 140 valence electrons. The van der Waals surface area contributed by atoms with Crippen LogP contribution in [0.1, 0.15) is 39.2 Å². The zero-order valence-corrected chi connectivity index (χ0v) is 15.4. The number of hydrogen-bond acceptors (Lipinski definition) is 6. The minimum Gasteiger partial charge on any atom is -0.493 e. The highest BCUT2D eigenvalue weighted by atomic mass is 16.5. The van der Waals surface area contributed by atoms with Crippen molar-refractivity contribution in [3.8, 4) is 11.5 Å². The molecule has 0 fully saturated rings. The van der Waals surface area contributed by atoms with E-state index in [9.17, 15) is 4.79 Å². The van der Waals surface area contributed by atoms with Gasteiger partial charge in [-0.25, -0.2) is 0 Å². The summed E-state index contributed by atoms with van der Waals surface area (Å²) < 4.78 is 21.8. The van der Waals surface area contributed by atoms with Gasteiger partial charge in [0.15, 0.2) is 23.0 Å². The molecule has 0 N–H and O–H groups in total. The molecule has 0 radical (unpaired) electrons. The van der Waals surface area contributed by atoms with Crippen LogP contribution in [0.15, 0.2) is 45.5 Å². The maximum absolute atomic E-state index is 13.1. The van der Waals surface area contributed by atoms with Gasteiger partial charge in [0.2, 0.25) is 0 Å². The van der Waals surface area contributed by atoms with Crippen LogP contribution >= 0.6 is 0 Å². The fourth-order valence-corrected chi connectivity index (χ4v) is 3.53. The molecule has 3 heterocycles. The molecule has 3 aromatic rings. The van der Waals surface area contributed by atoms with Crippen molar-refractivity contribution >= 4 is 5.91 Å². The molecule has 0 unspecified atom stereocenters. The molecular formula is C20H20N2O5. The predicted molar refractivity (Wildman–Crippen MR) is 96.1 cm³/mol. The van der Waals surface area contributed by atoms with Crippen LogP contribution in [0.2, 0.25) is 0 Å². The molecule has 1 aromatic carbocycles. The van der Waals surface area contributed by atoms with Gasteiger partial charge in [-0.1, -0.05) is 5.16 Å². The summed E-state index contributed by atoms with van der Waals surface area (Å²) in [6, 6.07) is 8.64. The summed E-state index contributed by atoms with van der Waals surface area (Å²) in [6.07, 6.45) is 2.18. The van der Waals surface area contributed by atoms with Crippen molar-refractivity contribution in [3.63, 3.8) is 0 Å². The smallest absolute Gasteiger partial charge is 0.290 e. The number of carbonyl (C=O) groups is 1. The average molecular weight is 368 g/mol. The van der Waals surface area contributed by atoms with Crippen molar-refractivity contribution in [1.29, 1.82) is 0 Å². The molecule has 0 saturated carbocycles. The van der Waals surface area contributed by atoms with Crippen LogP contribution in [0, 0.1) is 6.92 Å². The van der Waals surface area contributed by atoms with Crippen LogP contribution in [0.25, 0.3) is 0 Å². The van der Waals surface area contributed by atoms with Crippen LogP contribution in [0.4, 0.5) is 0 Å². The first-order valence-corrected chi connectivity index (χ1v) is 8.65. The SMILES string of the molecule is COc1cc2c(cc1OC)[C@H](c1cc(C)no1)N(C(=O)c1ccco1)CC2. The standard InChI is InChI=1S/C20H20N2O5/c1-12-9-18(27-21-12)19-14-11-17(25-3)16(24-2)10-13(14)6-7-22(19)20(23)15-5-4-8-26-15/h4-5,8-11,19H,6-7H2,1-3H3/t19-/m1/s1. The number of fused-ring (bicyclic) bond motifs is 1. The Labute approximate surface area is 156 Å². The summed E-state index contributed by atoms with van der Waals surface area (Å²) >= 11 is 0. The second kappa shape index (κ2) is 6.83. The Morgan fingerprint density at radius 1 is 1.22 bits per heavy atom. The molecule has 0 spiro atoms. The Balaban J connectivity index is 1.85. The highest BCUT2D eigenvalue weighted by molar-refractivity contribution is 5.92. The molecule has 7 nitrogen and oxygen atoms in total. The third-order valence-electron chi connectivity index (χ3n) is 4.78. The van der Waals surface area contributed by atoms with E-state index in [2.05, 4.69) is 5.16 Å². The lowest BCUT2D eigenvalue weighted by atomic mass is 9.90. The van der Waals surface area contributed by atoms with Crippen molar-refractivity contribution in [2.24, 2.45) is 0 Å². The molecule has 0 bridgehead atoms. The number of rotatable bonds is 4. The normalized spacial score (nSPS) is 16.1. The molecule has 1 aliphatic heterocycles. The first kappa shape index (κ1) is 17.2. The van der Waals surface area contributed by atoms with Gasteiger partial charge in [-0.3, -0.25) is 4.79 Å². The van der Waals surface area contributed by atoms with Gasteiger partial charge in [0.25, 0.3) is 5.91 Å². The first-order chi connectivity index (χ1) is 13.1. The molecule has 7 heteroatoms. The van der Waals surface area contributed by atoms with Gasteiger partial charge in [0, 0.05) is 12.6 Å². The van der Waals surface area contributed by atoms with E-state index in [-0.39, 0.29) is 5.91 Å². The minimum atomic E-state index is -0.424. The van der Waals surface area contributed by atoms with E-state index < -0.39 is 6.04 Å². The third-order valence-corrected chi connectivity index (χ3v) is 4.78. The maximum atomic E-state index is 13.1. The second-order valence-electron chi connectivity index (χ2n) is 6.41. The van der Waals surface area contributed by atoms with E-state index in [1.165, 1.54) is 6.26 Å². The number of ether oxygens (including phenoxy) is 2. The van der Waals surface area contributed by atoms with Crippen LogP contribution in [-0.2, 0) is 6.42 Å². The maximum Gasteiger partial charge on any atom is 0.290 e. The summed E-state index contributed by atoms with van der Waals surface area (Å²) in [5, 5.41) is 4.01. The van der Waals surface area contributed by atoms with Gasteiger partial charge in [-0.05, 0) is 48.7 Å². The van der Waals surface area contributed by atoms with Gasteiger partial charge in [-0.2, -0.15) is 0 Å². The van der Waals surface area contributed by atoms with Gasteiger partial charge in [0.1, 0.15) is 6.04 Å². The summed E-state index contributed by atoms with van der Waals surface area (Å²) in [5.41, 5.74) is 2.76. The molecule has 1 atom stereocenters. The summed E-state index contributed by atoms with van der Waals surface area (Å²) in [7, 11) is 3.20. The molecule has 0 saturated heterocycles. The fraction of sp³-hybridized carbons (Fsp3) is 0.300. The van der Waals surface area contributed by atoms with Gasteiger partial charge in [-0.15, -0.1) is 0 Å². The van der Waals surface area contributed by atoms with Crippen LogP contribution in [-0.4, -0.2) is 36.7 Å². The Morgan fingerprint density at radius 3 is 2.63 bits per heavy atom. The zero-order chi connectivity index (χ0) is 19.0. The van der Waals surface area contributed by atoms with Crippen molar-refractivity contribution in [2.75, 3.05) is 20.8 Å². The Kier molecular flexibility index (Phi) is 4.35. The Morgan fingerprint density at radius 2 is 2.00 bits per heavy atom. The van der Waals surface area contributed by atoms with Crippen LogP contribution in [0.5, 0.6) is 11.5 Å². The largest absolute Gasteiger partial charge is 0.493 e. The third kappa shape index (κ3) is 2.95. The van der Waals surface area contributed by atoms with Crippen molar-refractivity contribution in [1.82, 2.24) is 10.1 Å². The summed E-state index contributed by atoms with van der Waals surface area (Å²) in [4.78, 5) is 14.8. The van der Waals surface area contributed by atoms with Gasteiger partial charge < -0.3 is 23.3 Å². The quantitative estimate of drug-likeness (QED) is 0.702. The topological polar surface area (TPSA) is 77.9 Å². The van der Waals surface area contributed by atoms with E-state index in [1.807, 2.05) is 25.1 Å². The number of aromatic nitrogens is 1. The number of furan rings is 1. The lowest BCUT2D eigenvalue weighted by molar-refractivity contribution is 0.0636. The molecular weight excluding hydrogens is 348 g/mol. The lowest BCUT2D eigenvalue weighted by Gasteiger charge is -2.35. The first-order valence-electron chi connectivity index (χ1n) is 8.65. The molecule has 1 aliphatic rings. The molecule has 4 rings (SSSR count). The summed E-state index contributed by atoms with van der Waals surface area (Å²) in [5.74, 6) is 1.96. The number of aryl methyl sites for hydroxylation is 1. The van der Waals surface area contributed by atoms with Gasteiger partial charge in [0.05, 0.1) is 26.2 Å². The highest BCUT2D eigenvalue weighted by Gasteiger charge is 2.37. The van der Waals surface area contributed by atoms with Gasteiger partial charge >= 0.3 is 0 Å². The van der Waals surface area contributed by atoms with E-state index in [4.69, 9.17) is 18.4 Å². The van der Waals surface area contributed by atoms with E-state index >= 15 is 0 Å². The van der Waals surface area contributed by atoms with E-state index in [1.54, 1.807) is 31.3 Å². The minimum absolute atomic E-state index is 0.195. The summed E-state index contributed by atoms with van der Waals surface area (Å²) in [6.45, 7) is 2.37. The highest BCUT2D eigenvalue weighted by Crippen LogP contribution is 2.41. The number of nitrogens with zero attached hydrogens (tertiary/aromatic N) is 2. The number of hydrogen-bond donors (Lipinski definition) is 0. The monoisotopic (exact) mass is 368 g/mol. The Bertz CT molecular complexity index is 961. The molecule has 27 heavy (non-hydrogen) atoms. The van der Waals surface area contributed by atoms with Crippen molar-refractivity contribution < 1.29 is 23.2 Å². The molecule has 1 amide bonds. The number of amides is 1. The van der Waals surface area contributed by atoms with Crippen molar-refractivity contribution in [2.45, 2.75) is 19.4 Å². The van der Waals surface area contributed by atoms with Crippen LogP contribution < -0.4 is 9.47 Å². The number of carbonyl (C=O) groups excluding carboxylic acids is 1. The predicted octanol–water partition coefficient (Wildman–Crippen LogP) is 3.38. The zero-order valence-electron chi connectivity index (χ0n) is 15.4. The van der Waals surface area contributed by atoms with Crippen LogP contribution in [0.3, 0.4) is 0 Å². The molecule has 2 aromatic heterocycles. The molecule has 0 aliphatic carbocycles. The number of methoxy groups -OCH3 is 2. The average Bonchev–Trinajstić information content (AvgIpc) is 3.37. The lowest BCUT2D eigenvalue weighted by Crippen LogP contribution is -2.40. The fourth-order valence-electron chi connectivity index (χ4n) is 3.53. The second-order valence-corrected chi connectivity index (χ2v) is 6.41. The van der Waals surface area contributed by atoms with E-state index in [0.29, 0.717) is 36.0 Å². The number of benzene rings is 1.